The summed E-state index contributed by atoms with van der Waals surface area (Å²) < 4.78 is 0. The van der Waals surface area contributed by atoms with Crippen molar-refractivity contribution in [1.29, 1.82) is 5.26 Å². The Labute approximate surface area is 136 Å². The fraction of sp³-hybridized carbons (Fsp3) is 0.625. The van der Waals surface area contributed by atoms with Gasteiger partial charge in [-0.15, -0.1) is 0 Å². The predicted octanol–water partition coefficient (Wildman–Crippen LogP) is 0.685. The Balaban J connectivity index is 1.62. The number of nitrogens with zero attached hydrogens (tertiary/aromatic N) is 4. The van der Waals surface area contributed by atoms with Crippen LogP contribution in [0.4, 0.5) is 5.82 Å². The van der Waals surface area contributed by atoms with E-state index in [4.69, 9.17) is 5.26 Å². The molecule has 2 atom stereocenters. The van der Waals surface area contributed by atoms with Crippen LogP contribution in [0.15, 0.2) is 6.33 Å². The van der Waals surface area contributed by atoms with E-state index in [-0.39, 0.29) is 18.4 Å². The highest BCUT2D eigenvalue weighted by atomic mass is 16.2. The lowest BCUT2D eigenvalue weighted by Gasteiger charge is -2.37. The smallest absolute Gasteiger partial charge is 0.236 e. The maximum Gasteiger partial charge on any atom is 0.236 e. The average molecular weight is 314 g/mol. The van der Waals surface area contributed by atoms with Crippen LogP contribution >= 0.6 is 0 Å². The van der Waals surface area contributed by atoms with Crippen LogP contribution in [0.3, 0.4) is 0 Å². The van der Waals surface area contributed by atoms with Crippen molar-refractivity contribution in [2.75, 3.05) is 25.0 Å². The maximum atomic E-state index is 11.9. The molecule has 1 saturated heterocycles. The number of hydrogen-bond acceptors (Lipinski definition) is 6. The van der Waals surface area contributed by atoms with Gasteiger partial charge < -0.3 is 15.5 Å². The summed E-state index contributed by atoms with van der Waals surface area (Å²) in [6.45, 7) is 5.20. The summed E-state index contributed by atoms with van der Waals surface area (Å²) in [5.74, 6) is 1.37. The zero-order valence-electron chi connectivity index (χ0n) is 13.4. The van der Waals surface area contributed by atoms with Crippen LogP contribution in [0.2, 0.25) is 0 Å². The van der Waals surface area contributed by atoms with Crippen LogP contribution in [0, 0.1) is 17.2 Å². The Kier molecular flexibility index (Phi) is 4.72. The quantitative estimate of drug-likeness (QED) is 0.849. The molecule has 3 rings (SSSR count). The Morgan fingerprint density at radius 1 is 1.57 bits per heavy atom. The molecule has 7 heteroatoms. The zero-order chi connectivity index (χ0) is 16.2. The van der Waals surface area contributed by atoms with Gasteiger partial charge >= 0.3 is 0 Å². The Bertz CT molecular complexity index is 625. The third kappa shape index (κ3) is 3.42. The number of rotatable bonds is 4. The van der Waals surface area contributed by atoms with E-state index in [9.17, 15) is 4.79 Å². The SMILES string of the molecule is C[C@@H]1CCN(C(=O)CC#N)C[C@@H]1NCc1ncnc2c1CCN2. The third-order valence-corrected chi connectivity index (χ3v) is 4.78. The highest BCUT2D eigenvalue weighted by Gasteiger charge is 2.28. The molecule has 0 bridgehead atoms. The summed E-state index contributed by atoms with van der Waals surface area (Å²) in [7, 11) is 0. The number of carbonyl (C=O) groups is 1. The van der Waals surface area contributed by atoms with Crippen LogP contribution < -0.4 is 10.6 Å². The molecule has 1 aromatic rings. The maximum absolute atomic E-state index is 11.9. The van der Waals surface area contributed by atoms with Gasteiger partial charge in [-0.25, -0.2) is 9.97 Å². The predicted molar refractivity (Wildman–Crippen MR) is 85.4 cm³/mol. The molecule has 0 radical (unpaired) electrons. The molecule has 122 valence electrons. The van der Waals surface area contributed by atoms with Crippen LogP contribution in [0.5, 0.6) is 0 Å². The van der Waals surface area contributed by atoms with Crippen LogP contribution in [0.1, 0.15) is 31.0 Å². The number of carbonyl (C=O) groups excluding carboxylic acids is 1. The molecule has 0 spiro atoms. The number of aromatic nitrogens is 2. The van der Waals surface area contributed by atoms with E-state index >= 15 is 0 Å². The van der Waals surface area contributed by atoms with Crippen molar-refractivity contribution < 1.29 is 4.79 Å². The molecule has 0 aliphatic carbocycles. The van der Waals surface area contributed by atoms with Crippen LogP contribution in [0.25, 0.3) is 0 Å². The van der Waals surface area contributed by atoms with Crippen LogP contribution in [-0.4, -0.2) is 46.5 Å². The van der Waals surface area contributed by atoms with E-state index in [1.165, 1.54) is 5.56 Å². The van der Waals surface area contributed by atoms with Crippen molar-refractivity contribution in [3.63, 3.8) is 0 Å². The molecule has 3 heterocycles. The second kappa shape index (κ2) is 6.92. The highest BCUT2D eigenvalue weighted by Crippen LogP contribution is 2.22. The van der Waals surface area contributed by atoms with Crippen molar-refractivity contribution in [2.45, 2.75) is 38.8 Å². The molecule has 0 aromatic carbocycles. The van der Waals surface area contributed by atoms with Gasteiger partial charge in [0.05, 0.1) is 11.8 Å². The number of piperidine rings is 1. The zero-order valence-corrected chi connectivity index (χ0v) is 13.4. The second-order valence-corrected chi connectivity index (χ2v) is 6.25. The number of nitriles is 1. The standard InChI is InChI=1S/C16H22N6O/c1-11-4-7-22(15(23)2-5-17)9-14(11)19-8-13-12-3-6-18-16(12)21-10-20-13/h10-11,14,19H,2-4,6-9H2,1H3,(H,18,20,21)/t11-,14+/m1/s1. The first kappa shape index (κ1) is 15.7. The van der Waals surface area contributed by atoms with Crippen LogP contribution in [-0.2, 0) is 17.8 Å². The monoisotopic (exact) mass is 314 g/mol. The minimum atomic E-state index is -0.0710. The lowest BCUT2D eigenvalue weighted by molar-refractivity contribution is -0.132. The minimum Gasteiger partial charge on any atom is -0.369 e. The number of fused-ring (bicyclic) bond motifs is 1. The first-order valence-corrected chi connectivity index (χ1v) is 8.13. The lowest BCUT2D eigenvalue weighted by atomic mass is 9.93. The molecule has 7 nitrogen and oxygen atoms in total. The van der Waals surface area contributed by atoms with Gasteiger partial charge in [-0.1, -0.05) is 6.92 Å². The number of hydrogen-bond donors (Lipinski definition) is 2. The molecule has 0 unspecified atom stereocenters. The number of likely N-dealkylation sites (tertiary alicyclic amines) is 1. The summed E-state index contributed by atoms with van der Waals surface area (Å²) in [4.78, 5) is 22.4. The molecule has 2 aliphatic rings. The Morgan fingerprint density at radius 3 is 3.26 bits per heavy atom. The van der Waals surface area contributed by atoms with Crippen molar-refractivity contribution in [3.8, 4) is 6.07 Å². The van der Waals surface area contributed by atoms with E-state index in [0.717, 1.165) is 37.4 Å². The van der Waals surface area contributed by atoms with Gasteiger partial charge in [0.15, 0.2) is 0 Å². The van der Waals surface area contributed by atoms with Crippen molar-refractivity contribution in [1.82, 2.24) is 20.2 Å². The first-order valence-electron chi connectivity index (χ1n) is 8.13. The third-order valence-electron chi connectivity index (χ3n) is 4.78. The molecular formula is C16H22N6O. The second-order valence-electron chi connectivity index (χ2n) is 6.25. The topological polar surface area (TPSA) is 93.9 Å². The van der Waals surface area contributed by atoms with Crippen molar-refractivity contribution in [2.24, 2.45) is 5.92 Å². The molecule has 2 N–H and O–H groups in total. The minimum absolute atomic E-state index is 0.0355. The normalized spacial score (nSPS) is 23.0. The molecular weight excluding hydrogens is 292 g/mol. The van der Waals surface area contributed by atoms with Crippen molar-refractivity contribution in [3.05, 3.63) is 17.6 Å². The van der Waals surface area contributed by atoms with Crippen molar-refractivity contribution >= 4 is 11.7 Å². The highest BCUT2D eigenvalue weighted by molar-refractivity contribution is 5.78. The number of anilines is 1. The average Bonchev–Trinajstić information content (AvgIpc) is 3.03. The Hall–Kier alpha value is -2.20. The Morgan fingerprint density at radius 2 is 2.43 bits per heavy atom. The molecule has 0 saturated carbocycles. The van der Waals surface area contributed by atoms with Gasteiger partial charge in [0.25, 0.3) is 0 Å². The van der Waals surface area contributed by atoms with Gasteiger partial charge in [0.2, 0.25) is 5.91 Å². The fourth-order valence-electron chi connectivity index (χ4n) is 3.29. The summed E-state index contributed by atoms with van der Waals surface area (Å²) in [5, 5.41) is 15.5. The molecule has 1 fully saturated rings. The first-order chi connectivity index (χ1) is 11.2. The van der Waals surface area contributed by atoms with Gasteiger partial charge in [-0.3, -0.25) is 4.79 Å². The number of amides is 1. The number of nitrogens with one attached hydrogen (secondary N) is 2. The van der Waals surface area contributed by atoms with Gasteiger partial charge in [0, 0.05) is 37.8 Å². The summed E-state index contributed by atoms with van der Waals surface area (Å²) in [6, 6.07) is 2.17. The van der Waals surface area contributed by atoms with E-state index in [1.807, 2.05) is 6.07 Å². The summed E-state index contributed by atoms with van der Waals surface area (Å²) in [5.41, 5.74) is 2.23. The molecule has 1 amide bonds. The van der Waals surface area contributed by atoms with Gasteiger partial charge in [-0.2, -0.15) is 5.26 Å². The fourth-order valence-corrected chi connectivity index (χ4v) is 3.29. The molecule has 1 aromatic heterocycles. The molecule has 23 heavy (non-hydrogen) atoms. The largest absolute Gasteiger partial charge is 0.369 e. The van der Waals surface area contributed by atoms with E-state index < -0.39 is 0 Å². The van der Waals surface area contributed by atoms with E-state index in [0.29, 0.717) is 19.0 Å². The van der Waals surface area contributed by atoms with Gasteiger partial charge in [0.1, 0.15) is 18.6 Å². The summed E-state index contributed by atoms with van der Waals surface area (Å²) in [6.07, 6.45) is 3.48. The molecule has 2 aliphatic heterocycles. The lowest BCUT2D eigenvalue weighted by Crippen LogP contribution is -2.51. The van der Waals surface area contributed by atoms with Gasteiger partial charge in [-0.05, 0) is 18.8 Å². The van der Waals surface area contributed by atoms with E-state index in [2.05, 4.69) is 27.5 Å². The van der Waals surface area contributed by atoms with E-state index in [1.54, 1.807) is 11.2 Å². The summed E-state index contributed by atoms with van der Waals surface area (Å²) >= 11 is 0.